The molecule has 1 saturated heterocycles. The Morgan fingerprint density at radius 3 is 2.10 bits per heavy atom. The van der Waals surface area contributed by atoms with Gasteiger partial charge in [-0.3, -0.25) is 0 Å². The third-order valence-electron chi connectivity index (χ3n) is 2.43. The van der Waals surface area contributed by atoms with E-state index in [0.29, 0.717) is 5.92 Å². The Hall–Kier alpha value is 0.310. The first-order valence-electron chi connectivity index (χ1n) is 3.95. The lowest BCUT2D eigenvalue weighted by atomic mass is 9.85. The molecule has 0 unspecified atom stereocenters. The summed E-state index contributed by atoms with van der Waals surface area (Å²) in [4.78, 5) is 0. The molecule has 2 heteroatoms. The maximum atomic E-state index is 9.94. The van der Waals surface area contributed by atoms with Crippen molar-refractivity contribution in [3.8, 4) is 0 Å². The molecule has 0 aromatic rings. The smallest absolute Gasteiger partial charge is 0.0686 e. The first-order valence-corrected chi connectivity index (χ1v) is 5.11. The van der Waals surface area contributed by atoms with Crippen molar-refractivity contribution in [3.63, 3.8) is 0 Å². The fourth-order valence-corrected chi connectivity index (χ4v) is 2.50. The van der Waals surface area contributed by atoms with Gasteiger partial charge in [0.1, 0.15) is 0 Å². The zero-order valence-corrected chi connectivity index (χ0v) is 7.58. The second-order valence-corrected chi connectivity index (χ2v) is 4.60. The minimum Gasteiger partial charge on any atom is -0.390 e. The summed E-state index contributed by atoms with van der Waals surface area (Å²) in [6.07, 6.45) is 1.96. The molecule has 1 fully saturated rings. The van der Waals surface area contributed by atoms with Crippen LogP contribution in [-0.4, -0.2) is 22.2 Å². The van der Waals surface area contributed by atoms with Crippen molar-refractivity contribution in [3.05, 3.63) is 0 Å². The van der Waals surface area contributed by atoms with E-state index in [2.05, 4.69) is 13.8 Å². The van der Waals surface area contributed by atoms with Crippen molar-refractivity contribution in [2.45, 2.75) is 32.3 Å². The Balaban J connectivity index is 2.48. The zero-order chi connectivity index (χ0) is 7.61. The van der Waals surface area contributed by atoms with Crippen LogP contribution >= 0.6 is 11.8 Å². The van der Waals surface area contributed by atoms with Gasteiger partial charge in [0, 0.05) is 0 Å². The largest absolute Gasteiger partial charge is 0.390 e. The Kier molecular flexibility index (Phi) is 2.64. The SMILES string of the molecule is CC(C)C1(O)CCSCC1. The van der Waals surface area contributed by atoms with Crippen molar-refractivity contribution < 1.29 is 5.11 Å². The highest BCUT2D eigenvalue weighted by Crippen LogP contribution is 2.32. The quantitative estimate of drug-likeness (QED) is 0.632. The molecule has 0 atom stereocenters. The van der Waals surface area contributed by atoms with E-state index >= 15 is 0 Å². The van der Waals surface area contributed by atoms with E-state index in [9.17, 15) is 5.11 Å². The molecule has 0 saturated carbocycles. The molecule has 1 N–H and O–H groups in total. The summed E-state index contributed by atoms with van der Waals surface area (Å²) in [5.41, 5.74) is -0.342. The van der Waals surface area contributed by atoms with E-state index in [-0.39, 0.29) is 5.60 Å². The maximum absolute atomic E-state index is 9.94. The van der Waals surface area contributed by atoms with Gasteiger partial charge in [-0.05, 0) is 30.3 Å². The molecule has 10 heavy (non-hydrogen) atoms. The van der Waals surface area contributed by atoms with Gasteiger partial charge in [0.05, 0.1) is 5.60 Å². The lowest BCUT2D eigenvalue weighted by Gasteiger charge is -2.35. The summed E-state index contributed by atoms with van der Waals surface area (Å²) >= 11 is 1.95. The molecule has 0 spiro atoms. The fourth-order valence-electron chi connectivity index (χ4n) is 1.30. The van der Waals surface area contributed by atoms with Crippen LogP contribution in [0.2, 0.25) is 0 Å². The van der Waals surface area contributed by atoms with E-state index in [1.807, 2.05) is 11.8 Å². The predicted molar refractivity (Wildman–Crippen MR) is 46.3 cm³/mol. The van der Waals surface area contributed by atoms with Gasteiger partial charge in [0.2, 0.25) is 0 Å². The topological polar surface area (TPSA) is 20.2 Å². The monoisotopic (exact) mass is 160 g/mol. The molecular weight excluding hydrogens is 144 g/mol. The molecule has 0 aromatic heterocycles. The van der Waals surface area contributed by atoms with Crippen molar-refractivity contribution in [1.82, 2.24) is 0 Å². The summed E-state index contributed by atoms with van der Waals surface area (Å²) < 4.78 is 0. The molecule has 0 radical (unpaired) electrons. The van der Waals surface area contributed by atoms with Crippen LogP contribution < -0.4 is 0 Å². The first-order chi connectivity index (χ1) is 4.65. The van der Waals surface area contributed by atoms with Gasteiger partial charge >= 0.3 is 0 Å². The van der Waals surface area contributed by atoms with Crippen molar-refractivity contribution in [2.24, 2.45) is 5.92 Å². The first kappa shape index (κ1) is 8.41. The average molecular weight is 160 g/mol. The van der Waals surface area contributed by atoms with Crippen LogP contribution in [-0.2, 0) is 0 Å². The van der Waals surface area contributed by atoms with Crippen molar-refractivity contribution in [2.75, 3.05) is 11.5 Å². The molecule has 1 aliphatic rings. The van der Waals surface area contributed by atoms with Crippen LogP contribution in [0, 0.1) is 5.92 Å². The van der Waals surface area contributed by atoms with Crippen LogP contribution in [0.4, 0.5) is 0 Å². The average Bonchev–Trinajstić information content (AvgIpc) is 1.89. The van der Waals surface area contributed by atoms with E-state index in [1.165, 1.54) is 0 Å². The third-order valence-corrected chi connectivity index (χ3v) is 3.42. The van der Waals surface area contributed by atoms with Gasteiger partial charge < -0.3 is 5.11 Å². The highest BCUT2D eigenvalue weighted by Gasteiger charge is 2.32. The van der Waals surface area contributed by atoms with Crippen LogP contribution in [0.3, 0.4) is 0 Å². The third kappa shape index (κ3) is 1.67. The van der Waals surface area contributed by atoms with Crippen LogP contribution in [0.15, 0.2) is 0 Å². The fraction of sp³-hybridized carbons (Fsp3) is 1.00. The summed E-state index contributed by atoms with van der Waals surface area (Å²) in [5, 5.41) is 9.94. The van der Waals surface area contributed by atoms with Gasteiger partial charge in [-0.1, -0.05) is 13.8 Å². The van der Waals surface area contributed by atoms with Gasteiger partial charge in [-0.2, -0.15) is 11.8 Å². The number of hydrogen-bond donors (Lipinski definition) is 1. The highest BCUT2D eigenvalue weighted by molar-refractivity contribution is 7.99. The zero-order valence-electron chi connectivity index (χ0n) is 6.76. The highest BCUT2D eigenvalue weighted by atomic mass is 32.2. The normalized spacial score (nSPS) is 25.2. The summed E-state index contributed by atoms with van der Waals surface area (Å²) in [6, 6.07) is 0. The van der Waals surface area contributed by atoms with Crippen LogP contribution in [0.5, 0.6) is 0 Å². The number of rotatable bonds is 1. The summed E-state index contributed by atoms with van der Waals surface area (Å²) in [6.45, 7) is 4.21. The summed E-state index contributed by atoms with van der Waals surface area (Å²) in [5.74, 6) is 2.69. The Morgan fingerprint density at radius 2 is 1.80 bits per heavy atom. The molecule has 0 aromatic carbocycles. The molecule has 1 rings (SSSR count). The molecule has 1 aliphatic heterocycles. The van der Waals surface area contributed by atoms with Gasteiger partial charge in [-0.25, -0.2) is 0 Å². The predicted octanol–water partition coefficient (Wildman–Crippen LogP) is 1.90. The van der Waals surface area contributed by atoms with Crippen molar-refractivity contribution in [1.29, 1.82) is 0 Å². The second kappa shape index (κ2) is 3.14. The summed E-state index contributed by atoms with van der Waals surface area (Å²) in [7, 11) is 0. The Morgan fingerprint density at radius 1 is 1.30 bits per heavy atom. The molecule has 0 bridgehead atoms. The molecule has 60 valence electrons. The number of hydrogen-bond acceptors (Lipinski definition) is 2. The minimum absolute atomic E-state index is 0.342. The van der Waals surface area contributed by atoms with Gasteiger partial charge in [0.15, 0.2) is 0 Å². The lowest BCUT2D eigenvalue weighted by Crippen LogP contribution is -2.38. The molecule has 0 amide bonds. The molecule has 1 heterocycles. The van der Waals surface area contributed by atoms with E-state index in [0.717, 1.165) is 24.3 Å². The van der Waals surface area contributed by atoms with E-state index in [4.69, 9.17) is 0 Å². The van der Waals surface area contributed by atoms with Gasteiger partial charge in [-0.15, -0.1) is 0 Å². The molecular formula is C8H16OS. The maximum Gasteiger partial charge on any atom is 0.0686 e. The van der Waals surface area contributed by atoms with Crippen molar-refractivity contribution >= 4 is 11.8 Å². The van der Waals surface area contributed by atoms with Gasteiger partial charge in [0.25, 0.3) is 0 Å². The standard InChI is InChI=1S/C8H16OS/c1-7(2)8(9)3-5-10-6-4-8/h7,9H,3-6H2,1-2H3. The van der Waals surface area contributed by atoms with E-state index in [1.54, 1.807) is 0 Å². The molecule has 1 nitrogen and oxygen atoms in total. The number of aliphatic hydroxyl groups is 1. The Labute approximate surface area is 67.2 Å². The lowest BCUT2D eigenvalue weighted by molar-refractivity contribution is -0.0123. The minimum atomic E-state index is -0.342. The van der Waals surface area contributed by atoms with Crippen LogP contribution in [0.1, 0.15) is 26.7 Å². The molecule has 0 aliphatic carbocycles. The number of thioether (sulfide) groups is 1. The van der Waals surface area contributed by atoms with Crippen LogP contribution in [0.25, 0.3) is 0 Å². The van der Waals surface area contributed by atoms with E-state index < -0.39 is 0 Å². The Bertz CT molecular complexity index is 106. The second-order valence-electron chi connectivity index (χ2n) is 3.37.